The van der Waals surface area contributed by atoms with Crippen LogP contribution in [-0.2, 0) is 25.2 Å². The molecule has 3 aliphatic rings. The van der Waals surface area contributed by atoms with Crippen LogP contribution in [-0.4, -0.2) is 17.6 Å². The number of hydrogen-bond donors (Lipinski definition) is 0. The molecule has 8 rings (SSSR count). The molecule has 2 bridgehead atoms. The van der Waals surface area contributed by atoms with E-state index in [0.29, 0.717) is 5.69 Å². The summed E-state index contributed by atoms with van der Waals surface area (Å²) >= 11 is 3.48. The number of allylic oxidation sites excluding steroid dienone is 2. The summed E-state index contributed by atoms with van der Waals surface area (Å²) in [6, 6.07) is 46.2. The number of fused-ring (bicyclic) bond motifs is 5. The molecule has 212 valence electrons. The fourth-order valence-electron chi connectivity index (χ4n) is 8.18. The van der Waals surface area contributed by atoms with E-state index in [1.165, 1.54) is 4.90 Å². The molecule has 0 unspecified atom stereocenters. The maximum atomic E-state index is 15.8. The van der Waals surface area contributed by atoms with Gasteiger partial charge >= 0.3 is 0 Å². The molecule has 44 heavy (non-hydrogen) atoms. The van der Waals surface area contributed by atoms with Crippen LogP contribution < -0.4 is 4.90 Å². The maximum Gasteiger partial charge on any atom is 0.239 e. The van der Waals surface area contributed by atoms with E-state index in [9.17, 15) is 9.59 Å². The third-order valence-corrected chi connectivity index (χ3v) is 10.2. The van der Waals surface area contributed by atoms with Crippen molar-refractivity contribution in [1.29, 1.82) is 0 Å². The van der Waals surface area contributed by atoms with Crippen LogP contribution in [0.5, 0.6) is 0 Å². The van der Waals surface area contributed by atoms with Crippen LogP contribution in [0.15, 0.2) is 150 Å². The number of halogens is 1. The molecule has 1 aliphatic heterocycles. The van der Waals surface area contributed by atoms with E-state index in [2.05, 4.69) is 15.9 Å². The molecule has 0 spiro atoms. The SMILES string of the molecule is O=C1[C@@H]2[C@H](C(=O)N1c1ccc(Br)cc1)[C@]1(c3ccccc3)C(=O)[C@]2(c2ccccc2)C(c2ccccc2)=C1c1ccccc1. The van der Waals surface area contributed by atoms with Crippen molar-refractivity contribution in [2.45, 2.75) is 10.8 Å². The van der Waals surface area contributed by atoms with Crippen LogP contribution in [0, 0.1) is 11.8 Å². The Morgan fingerprint density at radius 3 is 1.23 bits per heavy atom. The highest BCUT2D eigenvalue weighted by Gasteiger charge is 2.82. The molecule has 0 aromatic heterocycles. The normalized spacial score (nSPS) is 25.6. The van der Waals surface area contributed by atoms with Gasteiger partial charge in [-0.05, 0) is 57.7 Å². The van der Waals surface area contributed by atoms with Crippen LogP contribution in [0.25, 0.3) is 11.1 Å². The number of imide groups is 1. The molecule has 5 aromatic rings. The highest BCUT2D eigenvalue weighted by molar-refractivity contribution is 9.10. The van der Waals surface area contributed by atoms with Crippen molar-refractivity contribution >= 4 is 50.4 Å². The second kappa shape index (κ2) is 9.83. The van der Waals surface area contributed by atoms with Crippen LogP contribution in [0.3, 0.4) is 0 Å². The topological polar surface area (TPSA) is 54.5 Å². The van der Waals surface area contributed by atoms with Crippen molar-refractivity contribution in [2.24, 2.45) is 11.8 Å². The second-order valence-corrected chi connectivity index (χ2v) is 12.5. The number of ketones is 1. The number of anilines is 1. The average molecular weight is 637 g/mol. The first-order valence-electron chi connectivity index (χ1n) is 14.7. The summed E-state index contributed by atoms with van der Waals surface area (Å²) in [4.78, 5) is 46.9. The molecule has 5 aromatic carbocycles. The molecule has 4 nitrogen and oxygen atoms in total. The lowest BCUT2D eigenvalue weighted by Crippen LogP contribution is -2.45. The first-order valence-corrected chi connectivity index (χ1v) is 15.5. The predicted molar refractivity (Wildman–Crippen MR) is 175 cm³/mol. The van der Waals surface area contributed by atoms with Crippen LogP contribution in [0.2, 0.25) is 0 Å². The molecule has 1 saturated heterocycles. The van der Waals surface area contributed by atoms with Gasteiger partial charge in [-0.1, -0.05) is 137 Å². The molecular formula is C39H26BrNO3. The van der Waals surface area contributed by atoms with E-state index in [0.717, 1.165) is 37.9 Å². The Labute approximate surface area is 263 Å². The monoisotopic (exact) mass is 635 g/mol. The summed E-state index contributed by atoms with van der Waals surface area (Å²) < 4.78 is 0.844. The van der Waals surface area contributed by atoms with Gasteiger partial charge in [0.2, 0.25) is 11.8 Å². The van der Waals surface area contributed by atoms with E-state index in [1.54, 1.807) is 12.1 Å². The lowest BCUT2D eigenvalue weighted by molar-refractivity contribution is -0.130. The fraction of sp³-hybridized carbons (Fsp3) is 0.103. The van der Waals surface area contributed by atoms with Gasteiger partial charge in [0.05, 0.1) is 28.4 Å². The Hall–Kier alpha value is -4.87. The molecule has 0 N–H and O–H groups in total. The third-order valence-electron chi connectivity index (χ3n) is 9.66. The number of Topliss-reactive ketones (excluding diaryl/α,β-unsaturated/α-hetero) is 1. The van der Waals surface area contributed by atoms with Crippen molar-refractivity contribution in [3.63, 3.8) is 0 Å². The summed E-state index contributed by atoms with van der Waals surface area (Å²) in [7, 11) is 0. The second-order valence-electron chi connectivity index (χ2n) is 11.6. The van der Waals surface area contributed by atoms with Gasteiger partial charge in [-0.25, -0.2) is 4.90 Å². The summed E-state index contributed by atoms with van der Waals surface area (Å²) in [5.41, 5.74) is 2.47. The van der Waals surface area contributed by atoms with E-state index in [4.69, 9.17) is 0 Å². The van der Waals surface area contributed by atoms with Gasteiger partial charge in [0, 0.05) is 4.47 Å². The minimum absolute atomic E-state index is 0.118. The molecule has 4 atom stereocenters. The highest BCUT2D eigenvalue weighted by atomic mass is 79.9. The van der Waals surface area contributed by atoms with Crippen LogP contribution in [0.4, 0.5) is 5.69 Å². The number of rotatable bonds is 5. The van der Waals surface area contributed by atoms with Crippen molar-refractivity contribution in [3.8, 4) is 0 Å². The molecule has 1 heterocycles. The molecular weight excluding hydrogens is 610 g/mol. The number of carbonyl (C=O) groups is 3. The zero-order chi connectivity index (χ0) is 30.1. The minimum Gasteiger partial charge on any atom is -0.297 e. The molecule has 5 heteroatoms. The van der Waals surface area contributed by atoms with Crippen molar-refractivity contribution in [1.82, 2.24) is 0 Å². The standard InChI is InChI=1S/C39H26BrNO3/c40-29-21-23-30(24-22-29)41-35(42)33-34(36(41)43)39(28-19-11-4-12-20-28)32(26-15-7-2-8-16-26)31(25-13-5-1-6-14-25)38(33,37(39)44)27-17-9-3-10-18-27/h1-24,33-34H/t33-,34+,38-,39-/m1/s1. The summed E-state index contributed by atoms with van der Waals surface area (Å²) in [6.07, 6.45) is 0. The van der Waals surface area contributed by atoms with Crippen LogP contribution in [0.1, 0.15) is 22.3 Å². The van der Waals surface area contributed by atoms with Crippen molar-refractivity contribution in [3.05, 3.63) is 172 Å². The minimum atomic E-state index is -1.40. The van der Waals surface area contributed by atoms with Crippen molar-refractivity contribution < 1.29 is 14.4 Å². The van der Waals surface area contributed by atoms with Gasteiger partial charge in [-0.2, -0.15) is 0 Å². The van der Waals surface area contributed by atoms with Gasteiger partial charge in [0.25, 0.3) is 0 Å². The first-order chi connectivity index (χ1) is 21.5. The molecule has 2 amide bonds. The van der Waals surface area contributed by atoms with Crippen molar-refractivity contribution in [2.75, 3.05) is 4.90 Å². The van der Waals surface area contributed by atoms with E-state index >= 15 is 4.79 Å². The number of hydrogen-bond acceptors (Lipinski definition) is 3. The van der Waals surface area contributed by atoms with E-state index in [-0.39, 0.29) is 17.6 Å². The molecule has 2 fully saturated rings. The summed E-state index contributed by atoms with van der Waals surface area (Å²) in [5.74, 6) is -2.68. The van der Waals surface area contributed by atoms with Gasteiger partial charge in [-0.3, -0.25) is 14.4 Å². The third kappa shape index (κ3) is 3.30. The zero-order valence-electron chi connectivity index (χ0n) is 23.6. The first kappa shape index (κ1) is 26.7. The maximum absolute atomic E-state index is 15.8. The van der Waals surface area contributed by atoms with Gasteiger partial charge < -0.3 is 0 Å². The van der Waals surface area contributed by atoms with Crippen LogP contribution >= 0.6 is 15.9 Å². The highest BCUT2D eigenvalue weighted by Crippen LogP contribution is 2.74. The summed E-state index contributed by atoms with van der Waals surface area (Å²) in [6.45, 7) is 0. The Balaban J connectivity index is 1.55. The quantitative estimate of drug-likeness (QED) is 0.187. The van der Waals surface area contributed by atoms with E-state index < -0.39 is 22.7 Å². The lowest BCUT2D eigenvalue weighted by Gasteiger charge is -2.39. The Morgan fingerprint density at radius 1 is 0.477 bits per heavy atom. The number of nitrogens with zero attached hydrogens (tertiary/aromatic N) is 1. The predicted octanol–water partition coefficient (Wildman–Crippen LogP) is 7.64. The smallest absolute Gasteiger partial charge is 0.239 e. The number of carbonyl (C=O) groups excluding carboxylic acids is 3. The fourth-order valence-corrected chi connectivity index (χ4v) is 8.44. The summed E-state index contributed by atoms with van der Waals surface area (Å²) in [5, 5.41) is 0. The molecule has 1 saturated carbocycles. The van der Waals surface area contributed by atoms with Gasteiger partial charge in [-0.15, -0.1) is 0 Å². The number of amides is 2. The number of benzene rings is 5. The average Bonchev–Trinajstić information content (AvgIpc) is 3.59. The largest absolute Gasteiger partial charge is 0.297 e. The lowest BCUT2D eigenvalue weighted by atomic mass is 9.59. The Bertz CT molecular complexity index is 1850. The Morgan fingerprint density at radius 2 is 0.841 bits per heavy atom. The zero-order valence-corrected chi connectivity index (χ0v) is 25.1. The Kier molecular flexibility index (Phi) is 5.97. The molecule has 2 aliphatic carbocycles. The van der Waals surface area contributed by atoms with E-state index in [1.807, 2.05) is 133 Å². The molecule has 0 radical (unpaired) electrons. The van der Waals surface area contributed by atoms with Gasteiger partial charge in [0.15, 0.2) is 5.78 Å². The van der Waals surface area contributed by atoms with Gasteiger partial charge in [0.1, 0.15) is 0 Å².